The van der Waals surface area contributed by atoms with Crippen LogP contribution in [0.5, 0.6) is 0 Å². The van der Waals surface area contributed by atoms with Gasteiger partial charge in [-0.25, -0.2) is 9.37 Å². The molecule has 1 amide bonds. The van der Waals surface area contributed by atoms with Gasteiger partial charge in [0.1, 0.15) is 11.0 Å². The molecule has 7 heteroatoms. The highest BCUT2D eigenvalue weighted by Gasteiger charge is 2.17. The lowest BCUT2D eigenvalue weighted by molar-refractivity contribution is 0.0939. The first kappa shape index (κ1) is 16.0. The molecule has 0 radical (unpaired) electrons. The van der Waals surface area contributed by atoms with Gasteiger partial charge in [-0.15, -0.1) is 0 Å². The second kappa shape index (κ2) is 6.60. The van der Waals surface area contributed by atoms with Crippen molar-refractivity contribution in [2.24, 2.45) is 0 Å². The molecule has 0 aliphatic rings. The quantitative estimate of drug-likeness (QED) is 0.820. The average Bonchev–Trinajstić information content (AvgIpc) is 2.41. The van der Waals surface area contributed by atoms with Gasteiger partial charge in [-0.1, -0.05) is 40.9 Å². The fraction of sp³-hybridized carbons (Fsp3) is 0.143. The number of hydrogen-bond donors (Lipinski definition) is 1. The Hall–Kier alpha value is -1.36. The third-order valence-electron chi connectivity index (χ3n) is 2.83. The molecular formula is C14H10Cl3FN2O. The zero-order valence-corrected chi connectivity index (χ0v) is 13.1. The summed E-state index contributed by atoms with van der Waals surface area (Å²) in [6.07, 6.45) is 0.943. The fourth-order valence-corrected chi connectivity index (χ4v) is 2.55. The third-order valence-corrected chi connectivity index (χ3v) is 3.69. The minimum absolute atomic E-state index is 0.0337. The van der Waals surface area contributed by atoms with E-state index in [1.165, 1.54) is 0 Å². The van der Waals surface area contributed by atoms with Gasteiger partial charge in [-0.2, -0.15) is 0 Å². The largest absolute Gasteiger partial charge is 0.345 e. The maximum atomic E-state index is 13.1. The number of carbonyl (C=O) groups excluding carboxylic acids is 1. The van der Waals surface area contributed by atoms with E-state index < -0.39 is 17.8 Å². The number of nitrogens with zero attached hydrogens (tertiary/aromatic N) is 1. The van der Waals surface area contributed by atoms with E-state index in [0.29, 0.717) is 15.6 Å². The number of carbonyl (C=O) groups is 1. The van der Waals surface area contributed by atoms with Crippen LogP contribution in [0.25, 0.3) is 0 Å². The monoisotopic (exact) mass is 346 g/mol. The lowest BCUT2D eigenvalue weighted by Crippen LogP contribution is -2.27. The van der Waals surface area contributed by atoms with Gasteiger partial charge in [0, 0.05) is 10.0 Å². The molecule has 0 saturated heterocycles. The topological polar surface area (TPSA) is 42.0 Å². The first-order chi connectivity index (χ1) is 9.88. The number of rotatable bonds is 3. The van der Waals surface area contributed by atoms with Gasteiger partial charge in [-0.05, 0) is 30.7 Å². The standard InChI is InChI=1S/C14H10Cl3FN2O/c1-7(10-3-2-8(15)4-12(10)16)20-14(21)11-5-9(18)6-19-13(11)17/h2-7H,1H3,(H,20,21). The molecule has 1 aromatic carbocycles. The van der Waals surface area contributed by atoms with Crippen molar-refractivity contribution in [1.82, 2.24) is 10.3 Å². The SMILES string of the molecule is CC(NC(=O)c1cc(F)cnc1Cl)c1ccc(Cl)cc1Cl. The second-order valence-electron chi connectivity index (χ2n) is 4.35. The van der Waals surface area contributed by atoms with E-state index in [4.69, 9.17) is 34.8 Å². The number of aromatic nitrogens is 1. The number of halogens is 4. The molecule has 0 spiro atoms. The molecule has 110 valence electrons. The number of amides is 1. The van der Waals surface area contributed by atoms with Crippen LogP contribution in [0.3, 0.4) is 0 Å². The summed E-state index contributed by atoms with van der Waals surface area (Å²) in [6, 6.07) is 5.59. The Kier molecular flexibility index (Phi) is 5.04. The fourth-order valence-electron chi connectivity index (χ4n) is 1.79. The number of pyridine rings is 1. The highest BCUT2D eigenvalue weighted by atomic mass is 35.5. The van der Waals surface area contributed by atoms with Crippen LogP contribution in [-0.4, -0.2) is 10.9 Å². The Morgan fingerprint density at radius 2 is 2.00 bits per heavy atom. The van der Waals surface area contributed by atoms with E-state index in [-0.39, 0.29) is 10.7 Å². The van der Waals surface area contributed by atoms with Gasteiger partial charge in [-0.3, -0.25) is 4.79 Å². The molecule has 21 heavy (non-hydrogen) atoms. The van der Waals surface area contributed by atoms with Crippen LogP contribution in [0.1, 0.15) is 28.9 Å². The van der Waals surface area contributed by atoms with Gasteiger partial charge in [0.05, 0.1) is 17.8 Å². The van der Waals surface area contributed by atoms with Gasteiger partial charge in [0.25, 0.3) is 5.91 Å². The van der Waals surface area contributed by atoms with E-state index in [9.17, 15) is 9.18 Å². The third kappa shape index (κ3) is 3.84. The maximum Gasteiger partial charge on any atom is 0.254 e. The van der Waals surface area contributed by atoms with Crippen LogP contribution >= 0.6 is 34.8 Å². The summed E-state index contributed by atoms with van der Waals surface area (Å²) in [4.78, 5) is 15.7. The summed E-state index contributed by atoms with van der Waals surface area (Å²) in [5.41, 5.74) is 0.656. The van der Waals surface area contributed by atoms with Crippen molar-refractivity contribution < 1.29 is 9.18 Å². The first-order valence-electron chi connectivity index (χ1n) is 5.95. The summed E-state index contributed by atoms with van der Waals surface area (Å²) >= 11 is 17.7. The molecule has 0 bridgehead atoms. The lowest BCUT2D eigenvalue weighted by Gasteiger charge is -2.16. The maximum absolute atomic E-state index is 13.1. The summed E-state index contributed by atoms with van der Waals surface area (Å²) in [5, 5.41) is 3.55. The molecule has 1 N–H and O–H groups in total. The second-order valence-corrected chi connectivity index (χ2v) is 5.55. The minimum Gasteiger partial charge on any atom is -0.345 e. The molecule has 3 nitrogen and oxygen atoms in total. The Bertz CT molecular complexity index is 694. The zero-order valence-electron chi connectivity index (χ0n) is 10.8. The van der Waals surface area contributed by atoms with Crippen LogP contribution in [0.2, 0.25) is 15.2 Å². The molecular weight excluding hydrogens is 338 g/mol. The molecule has 1 atom stereocenters. The van der Waals surface area contributed by atoms with E-state index in [2.05, 4.69) is 10.3 Å². The zero-order chi connectivity index (χ0) is 15.6. The molecule has 0 aliphatic carbocycles. The predicted molar refractivity (Wildman–Crippen MR) is 81.5 cm³/mol. The summed E-state index contributed by atoms with van der Waals surface area (Å²) in [5.74, 6) is -1.17. The number of hydrogen-bond acceptors (Lipinski definition) is 2. The number of benzene rings is 1. The molecule has 0 aliphatic heterocycles. The van der Waals surface area contributed by atoms with Crippen molar-refractivity contribution >= 4 is 40.7 Å². The van der Waals surface area contributed by atoms with Crippen molar-refractivity contribution in [2.75, 3.05) is 0 Å². The van der Waals surface area contributed by atoms with Crippen molar-refractivity contribution in [3.63, 3.8) is 0 Å². The van der Waals surface area contributed by atoms with Crippen LogP contribution in [0.15, 0.2) is 30.5 Å². The summed E-state index contributed by atoms with van der Waals surface area (Å²) in [7, 11) is 0. The van der Waals surface area contributed by atoms with Crippen LogP contribution in [-0.2, 0) is 0 Å². The van der Waals surface area contributed by atoms with E-state index >= 15 is 0 Å². The van der Waals surface area contributed by atoms with Gasteiger partial charge in [0.15, 0.2) is 0 Å². The molecule has 1 unspecified atom stereocenters. The molecule has 1 aromatic heterocycles. The highest BCUT2D eigenvalue weighted by Crippen LogP contribution is 2.26. The van der Waals surface area contributed by atoms with Crippen molar-refractivity contribution in [3.8, 4) is 0 Å². The van der Waals surface area contributed by atoms with Crippen molar-refractivity contribution in [1.29, 1.82) is 0 Å². The van der Waals surface area contributed by atoms with Gasteiger partial charge >= 0.3 is 0 Å². The molecule has 2 rings (SSSR count). The first-order valence-corrected chi connectivity index (χ1v) is 7.08. The minimum atomic E-state index is -0.637. The summed E-state index contributed by atoms with van der Waals surface area (Å²) < 4.78 is 13.1. The van der Waals surface area contributed by atoms with E-state index in [1.54, 1.807) is 25.1 Å². The van der Waals surface area contributed by atoms with Crippen LogP contribution in [0, 0.1) is 5.82 Å². The Labute approximate surface area is 136 Å². The lowest BCUT2D eigenvalue weighted by atomic mass is 10.1. The number of nitrogens with one attached hydrogen (secondary N) is 1. The van der Waals surface area contributed by atoms with Crippen LogP contribution in [0.4, 0.5) is 4.39 Å². The normalized spacial score (nSPS) is 12.0. The smallest absolute Gasteiger partial charge is 0.254 e. The predicted octanol–water partition coefficient (Wildman–Crippen LogP) is 4.67. The van der Waals surface area contributed by atoms with Crippen LogP contribution < -0.4 is 5.32 Å². The van der Waals surface area contributed by atoms with Gasteiger partial charge in [0.2, 0.25) is 0 Å². The van der Waals surface area contributed by atoms with Gasteiger partial charge < -0.3 is 5.32 Å². The van der Waals surface area contributed by atoms with Crippen molar-refractivity contribution in [2.45, 2.75) is 13.0 Å². The molecule has 0 fully saturated rings. The molecule has 2 aromatic rings. The Morgan fingerprint density at radius 1 is 1.29 bits per heavy atom. The van der Waals surface area contributed by atoms with Crippen molar-refractivity contribution in [3.05, 3.63) is 62.6 Å². The average molecular weight is 348 g/mol. The Balaban J connectivity index is 2.20. The summed E-state index contributed by atoms with van der Waals surface area (Å²) in [6.45, 7) is 1.74. The highest BCUT2D eigenvalue weighted by molar-refractivity contribution is 6.35. The van der Waals surface area contributed by atoms with E-state index in [1.807, 2.05) is 0 Å². The molecule has 1 heterocycles. The molecule has 0 saturated carbocycles. The van der Waals surface area contributed by atoms with E-state index in [0.717, 1.165) is 12.3 Å². The Morgan fingerprint density at radius 3 is 2.67 bits per heavy atom.